The van der Waals surface area contributed by atoms with Crippen LogP contribution >= 0.6 is 15.9 Å². The van der Waals surface area contributed by atoms with Crippen LogP contribution in [0.15, 0.2) is 93.3 Å². The number of amides is 1. The lowest BCUT2D eigenvalue weighted by Crippen LogP contribution is -2.39. The quantitative estimate of drug-likeness (QED) is 0.369. The fourth-order valence-electron chi connectivity index (χ4n) is 2.83. The molecule has 0 aromatic heterocycles. The van der Waals surface area contributed by atoms with E-state index in [9.17, 15) is 13.2 Å². The van der Waals surface area contributed by atoms with Crippen LogP contribution in [-0.4, -0.2) is 27.1 Å². The number of aryl methyl sites for hydroxylation is 1. The Hall–Kier alpha value is -2.97. The molecule has 1 N–H and O–H groups in total. The van der Waals surface area contributed by atoms with Crippen molar-refractivity contribution in [1.82, 2.24) is 5.43 Å². The van der Waals surface area contributed by atoms with Gasteiger partial charge in [0.2, 0.25) is 0 Å². The molecule has 0 bridgehead atoms. The van der Waals surface area contributed by atoms with Crippen molar-refractivity contribution in [3.05, 3.63) is 94.5 Å². The second-order valence-corrected chi connectivity index (χ2v) is 9.47. The van der Waals surface area contributed by atoms with E-state index in [1.807, 2.05) is 43.3 Å². The van der Waals surface area contributed by atoms with Gasteiger partial charge < -0.3 is 0 Å². The Balaban J connectivity index is 1.82. The predicted octanol–water partition coefficient (Wildman–Crippen LogP) is 4.36. The van der Waals surface area contributed by atoms with Gasteiger partial charge in [0.15, 0.2) is 0 Å². The Morgan fingerprint density at radius 3 is 2.26 bits per heavy atom. The molecule has 3 aromatic carbocycles. The summed E-state index contributed by atoms with van der Waals surface area (Å²) in [4.78, 5) is 12.6. The van der Waals surface area contributed by atoms with Gasteiger partial charge in [-0.2, -0.15) is 5.10 Å². The topological polar surface area (TPSA) is 78.8 Å². The Kier molecular flexibility index (Phi) is 7.59. The maximum atomic E-state index is 13.3. The molecule has 3 rings (SSSR count). The SMILES string of the molecule is CCc1ccc(N(CC(=O)N/N=C\c2ccc(Br)cc2)S(=O)(=O)c2ccccc2)cc1. The minimum absolute atomic E-state index is 0.112. The van der Waals surface area contributed by atoms with Crippen LogP contribution in [-0.2, 0) is 21.2 Å². The highest BCUT2D eigenvalue weighted by molar-refractivity contribution is 9.10. The van der Waals surface area contributed by atoms with Gasteiger partial charge in [-0.05, 0) is 53.9 Å². The largest absolute Gasteiger partial charge is 0.271 e. The van der Waals surface area contributed by atoms with Crippen LogP contribution in [0, 0.1) is 0 Å². The lowest BCUT2D eigenvalue weighted by atomic mass is 10.1. The van der Waals surface area contributed by atoms with Gasteiger partial charge in [0.25, 0.3) is 15.9 Å². The number of sulfonamides is 1. The van der Waals surface area contributed by atoms with E-state index in [0.717, 1.165) is 26.3 Å². The minimum Gasteiger partial charge on any atom is -0.271 e. The minimum atomic E-state index is -3.94. The summed E-state index contributed by atoms with van der Waals surface area (Å²) in [5.74, 6) is -0.549. The first-order valence-electron chi connectivity index (χ1n) is 9.64. The first-order valence-corrected chi connectivity index (χ1v) is 11.9. The Morgan fingerprint density at radius 2 is 1.65 bits per heavy atom. The maximum absolute atomic E-state index is 13.3. The first kappa shape index (κ1) is 22.7. The molecule has 8 heteroatoms. The van der Waals surface area contributed by atoms with Crippen molar-refractivity contribution in [2.24, 2.45) is 5.10 Å². The maximum Gasteiger partial charge on any atom is 0.264 e. The van der Waals surface area contributed by atoms with Crippen molar-refractivity contribution >= 4 is 43.8 Å². The average Bonchev–Trinajstić information content (AvgIpc) is 2.79. The summed E-state index contributed by atoms with van der Waals surface area (Å²) in [6.45, 7) is 1.62. The number of hydrogen-bond acceptors (Lipinski definition) is 4. The second kappa shape index (κ2) is 10.4. The van der Waals surface area contributed by atoms with E-state index in [4.69, 9.17) is 0 Å². The van der Waals surface area contributed by atoms with Gasteiger partial charge in [-0.25, -0.2) is 13.8 Å². The highest BCUT2D eigenvalue weighted by Crippen LogP contribution is 2.24. The van der Waals surface area contributed by atoms with Crippen molar-refractivity contribution in [1.29, 1.82) is 0 Å². The first-order chi connectivity index (χ1) is 14.9. The van der Waals surface area contributed by atoms with Crippen molar-refractivity contribution < 1.29 is 13.2 Å². The zero-order valence-electron chi connectivity index (χ0n) is 16.9. The lowest BCUT2D eigenvalue weighted by Gasteiger charge is -2.24. The lowest BCUT2D eigenvalue weighted by molar-refractivity contribution is -0.119. The van der Waals surface area contributed by atoms with Gasteiger partial charge in [-0.3, -0.25) is 9.10 Å². The molecule has 0 atom stereocenters. The Morgan fingerprint density at radius 1 is 1.00 bits per heavy atom. The van der Waals surface area contributed by atoms with Crippen molar-refractivity contribution in [2.45, 2.75) is 18.2 Å². The van der Waals surface area contributed by atoms with E-state index in [1.165, 1.54) is 18.3 Å². The molecular formula is C23H22BrN3O3S. The molecule has 0 saturated carbocycles. The van der Waals surface area contributed by atoms with Crippen LogP contribution < -0.4 is 9.73 Å². The molecule has 6 nitrogen and oxygen atoms in total. The highest BCUT2D eigenvalue weighted by Gasteiger charge is 2.27. The summed E-state index contributed by atoms with van der Waals surface area (Å²) in [5, 5.41) is 3.94. The molecule has 0 saturated heterocycles. The van der Waals surface area contributed by atoms with Crippen molar-refractivity contribution in [3.63, 3.8) is 0 Å². The van der Waals surface area contributed by atoms with Crippen molar-refractivity contribution in [2.75, 3.05) is 10.8 Å². The van der Waals surface area contributed by atoms with Crippen LogP contribution in [0.3, 0.4) is 0 Å². The van der Waals surface area contributed by atoms with Crippen LogP contribution in [0.1, 0.15) is 18.1 Å². The molecule has 0 aliphatic heterocycles. The molecule has 0 unspecified atom stereocenters. The van der Waals surface area contributed by atoms with Gasteiger partial charge in [-0.1, -0.05) is 65.3 Å². The number of carbonyl (C=O) groups excluding carboxylic acids is 1. The molecule has 0 aliphatic carbocycles. The Labute approximate surface area is 190 Å². The van der Waals surface area contributed by atoms with Gasteiger partial charge in [-0.15, -0.1) is 0 Å². The third-order valence-corrected chi connectivity index (χ3v) is 6.84. The van der Waals surface area contributed by atoms with E-state index in [1.54, 1.807) is 30.3 Å². The smallest absolute Gasteiger partial charge is 0.264 e. The van der Waals surface area contributed by atoms with E-state index in [2.05, 4.69) is 26.5 Å². The molecule has 0 aliphatic rings. The molecule has 0 spiro atoms. The molecule has 3 aromatic rings. The monoisotopic (exact) mass is 499 g/mol. The molecule has 0 radical (unpaired) electrons. The summed E-state index contributed by atoms with van der Waals surface area (Å²) in [5.41, 5.74) is 4.69. The standard InChI is InChI=1S/C23H22BrN3O3S/c1-2-18-10-14-21(15-11-18)27(31(29,30)22-6-4-3-5-7-22)17-23(28)26-25-16-19-8-12-20(24)13-9-19/h3-16H,2,17H2,1H3,(H,26,28)/b25-16-. The molecule has 0 heterocycles. The number of halogens is 1. The zero-order chi connectivity index (χ0) is 22.3. The fourth-order valence-corrected chi connectivity index (χ4v) is 4.53. The third kappa shape index (κ3) is 6.02. The Bertz CT molecular complexity index is 1150. The van der Waals surface area contributed by atoms with Gasteiger partial charge in [0.05, 0.1) is 16.8 Å². The van der Waals surface area contributed by atoms with Crippen LogP contribution in [0.4, 0.5) is 5.69 Å². The van der Waals surface area contributed by atoms with Crippen LogP contribution in [0.5, 0.6) is 0 Å². The number of nitrogens with zero attached hydrogens (tertiary/aromatic N) is 2. The van der Waals surface area contributed by atoms with Gasteiger partial charge in [0.1, 0.15) is 6.54 Å². The summed E-state index contributed by atoms with van der Waals surface area (Å²) in [7, 11) is -3.94. The molecule has 31 heavy (non-hydrogen) atoms. The summed E-state index contributed by atoms with van der Waals surface area (Å²) >= 11 is 3.36. The van der Waals surface area contributed by atoms with E-state index in [-0.39, 0.29) is 4.90 Å². The highest BCUT2D eigenvalue weighted by atomic mass is 79.9. The predicted molar refractivity (Wildman–Crippen MR) is 127 cm³/mol. The van der Waals surface area contributed by atoms with Crippen molar-refractivity contribution in [3.8, 4) is 0 Å². The van der Waals surface area contributed by atoms with E-state index >= 15 is 0 Å². The number of hydrazone groups is 1. The van der Waals surface area contributed by atoms with Crippen LogP contribution in [0.2, 0.25) is 0 Å². The molecule has 160 valence electrons. The number of carbonyl (C=O) groups is 1. The number of nitrogens with one attached hydrogen (secondary N) is 1. The molecular weight excluding hydrogens is 478 g/mol. The van der Waals surface area contributed by atoms with Crippen LogP contribution in [0.25, 0.3) is 0 Å². The van der Waals surface area contributed by atoms with E-state index < -0.39 is 22.5 Å². The molecule has 0 fully saturated rings. The number of rotatable bonds is 8. The van der Waals surface area contributed by atoms with E-state index in [0.29, 0.717) is 5.69 Å². The summed E-state index contributed by atoms with van der Waals surface area (Å²) < 4.78 is 28.5. The molecule has 1 amide bonds. The second-order valence-electron chi connectivity index (χ2n) is 6.69. The fraction of sp³-hybridized carbons (Fsp3) is 0.130. The number of anilines is 1. The zero-order valence-corrected chi connectivity index (χ0v) is 19.3. The van der Waals surface area contributed by atoms with Gasteiger partial charge in [0, 0.05) is 4.47 Å². The normalized spacial score (nSPS) is 11.4. The average molecular weight is 500 g/mol. The third-order valence-electron chi connectivity index (χ3n) is 4.52. The number of hydrogen-bond donors (Lipinski definition) is 1. The number of benzene rings is 3. The summed E-state index contributed by atoms with van der Waals surface area (Å²) in [6, 6.07) is 22.6. The van der Waals surface area contributed by atoms with Gasteiger partial charge >= 0.3 is 0 Å². The summed E-state index contributed by atoms with van der Waals surface area (Å²) in [6.07, 6.45) is 2.33.